The highest BCUT2D eigenvalue weighted by Gasteiger charge is 2.43. The van der Waals surface area contributed by atoms with Gasteiger partial charge in [-0.1, -0.05) is 0 Å². The third-order valence-electron chi connectivity index (χ3n) is 2.93. The predicted molar refractivity (Wildman–Crippen MR) is 60.1 cm³/mol. The molecule has 0 aliphatic carbocycles. The summed E-state index contributed by atoms with van der Waals surface area (Å²) < 4.78 is 39.8. The molecule has 1 N–H and O–H groups in total. The van der Waals surface area contributed by atoms with Crippen LogP contribution < -0.4 is 14.8 Å². The zero-order valence-electron chi connectivity index (χ0n) is 9.62. The van der Waals surface area contributed by atoms with Gasteiger partial charge in [0.05, 0.1) is 6.61 Å². The van der Waals surface area contributed by atoms with Gasteiger partial charge in [0.2, 0.25) is 0 Å². The Kier molecular flexibility index (Phi) is 2.74. The molecule has 3 rings (SSSR count). The molecular formula is C12H13F2NO3. The third-order valence-corrected chi connectivity index (χ3v) is 2.93. The summed E-state index contributed by atoms with van der Waals surface area (Å²) in [5, 5.41) is 3.23. The van der Waals surface area contributed by atoms with Crippen molar-refractivity contribution >= 4 is 5.69 Å². The highest BCUT2D eigenvalue weighted by Crippen LogP contribution is 2.42. The van der Waals surface area contributed by atoms with Gasteiger partial charge in [-0.25, -0.2) is 0 Å². The van der Waals surface area contributed by atoms with E-state index in [4.69, 9.17) is 4.74 Å². The largest absolute Gasteiger partial charge is 0.586 e. The number of benzene rings is 1. The van der Waals surface area contributed by atoms with Gasteiger partial charge in [0.1, 0.15) is 0 Å². The summed E-state index contributed by atoms with van der Waals surface area (Å²) in [4.78, 5) is 0. The van der Waals surface area contributed by atoms with Crippen LogP contribution in [0.15, 0.2) is 18.2 Å². The van der Waals surface area contributed by atoms with E-state index < -0.39 is 6.29 Å². The van der Waals surface area contributed by atoms with Gasteiger partial charge in [-0.15, -0.1) is 8.78 Å². The maximum absolute atomic E-state index is 12.8. The maximum Gasteiger partial charge on any atom is 0.586 e. The van der Waals surface area contributed by atoms with E-state index in [0.717, 1.165) is 25.1 Å². The zero-order chi connectivity index (χ0) is 12.6. The van der Waals surface area contributed by atoms with Crippen LogP contribution in [0, 0.1) is 0 Å². The third kappa shape index (κ3) is 2.33. The van der Waals surface area contributed by atoms with E-state index in [1.165, 1.54) is 12.1 Å². The fourth-order valence-electron chi connectivity index (χ4n) is 2.13. The molecular weight excluding hydrogens is 244 g/mol. The highest BCUT2D eigenvalue weighted by atomic mass is 19.3. The van der Waals surface area contributed by atoms with Crippen LogP contribution in [0.4, 0.5) is 14.5 Å². The number of hydrogen-bond donors (Lipinski definition) is 1. The quantitative estimate of drug-likeness (QED) is 0.884. The summed E-state index contributed by atoms with van der Waals surface area (Å²) in [5.41, 5.74) is 0.727. The summed E-state index contributed by atoms with van der Waals surface area (Å²) in [7, 11) is 0. The van der Waals surface area contributed by atoms with Crippen molar-refractivity contribution in [1.82, 2.24) is 0 Å². The van der Waals surface area contributed by atoms with Crippen LogP contribution in [0.1, 0.15) is 12.8 Å². The molecule has 1 saturated heterocycles. The lowest BCUT2D eigenvalue weighted by Gasteiger charge is -2.24. The second-order valence-corrected chi connectivity index (χ2v) is 4.39. The molecule has 1 unspecified atom stereocenters. The molecule has 1 aromatic rings. The van der Waals surface area contributed by atoms with Crippen molar-refractivity contribution in [3.8, 4) is 11.5 Å². The zero-order valence-corrected chi connectivity index (χ0v) is 9.62. The molecule has 2 aliphatic heterocycles. The number of halogens is 2. The standard InChI is InChI=1S/C12H13F2NO3/c13-12(14)17-10-4-3-8(6-11(10)18-12)15-9-2-1-5-16-7-9/h3-4,6,9,15H,1-2,5,7H2. The smallest absolute Gasteiger partial charge is 0.395 e. The molecule has 4 nitrogen and oxygen atoms in total. The number of alkyl halides is 2. The number of anilines is 1. The molecule has 0 saturated carbocycles. The first-order chi connectivity index (χ1) is 8.62. The fraction of sp³-hybridized carbons (Fsp3) is 0.500. The molecule has 98 valence electrons. The molecule has 0 spiro atoms. The Labute approximate surface area is 103 Å². The Morgan fingerprint density at radius 2 is 2.06 bits per heavy atom. The van der Waals surface area contributed by atoms with Crippen LogP contribution in [0.2, 0.25) is 0 Å². The number of nitrogens with one attached hydrogen (secondary N) is 1. The number of rotatable bonds is 2. The SMILES string of the molecule is FC1(F)Oc2ccc(NC3CCCOC3)cc2O1. The molecule has 18 heavy (non-hydrogen) atoms. The highest BCUT2D eigenvalue weighted by molar-refractivity contribution is 5.56. The van der Waals surface area contributed by atoms with Crippen molar-refractivity contribution in [3.05, 3.63) is 18.2 Å². The fourth-order valence-corrected chi connectivity index (χ4v) is 2.13. The predicted octanol–water partition coefficient (Wildman–Crippen LogP) is 2.60. The minimum atomic E-state index is -3.56. The van der Waals surface area contributed by atoms with E-state index in [1.807, 2.05) is 0 Å². The molecule has 0 amide bonds. The van der Waals surface area contributed by atoms with Gasteiger partial charge in [-0.2, -0.15) is 0 Å². The van der Waals surface area contributed by atoms with Crippen LogP contribution in [0.25, 0.3) is 0 Å². The molecule has 2 aliphatic rings. The lowest BCUT2D eigenvalue weighted by atomic mass is 10.1. The Morgan fingerprint density at radius 3 is 2.83 bits per heavy atom. The Morgan fingerprint density at radius 1 is 1.22 bits per heavy atom. The minimum Gasteiger partial charge on any atom is -0.395 e. The van der Waals surface area contributed by atoms with Crippen molar-refractivity contribution in [2.24, 2.45) is 0 Å². The van der Waals surface area contributed by atoms with E-state index >= 15 is 0 Å². The molecule has 0 radical (unpaired) electrons. The second-order valence-electron chi connectivity index (χ2n) is 4.39. The topological polar surface area (TPSA) is 39.7 Å². The Hall–Kier alpha value is -1.56. The molecule has 1 atom stereocenters. The number of hydrogen-bond acceptors (Lipinski definition) is 4. The van der Waals surface area contributed by atoms with Crippen molar-refractivity contribution in [2.75, 3.05) is 18.5 Å². The molecule has 2 heterocycles. The van der Waals surface area contributed by atoms with Crippen molar-refractivity contribution in [3.63, 3.8) is 0 Å². The first-order valence-electron chi connectivity index (χ1n) is 5.87. The van der Waals surface area contributed by atoms with Gasteiger partial charge >= 0.3 is 6.29 Å². The summed E-state index contributed by atoms with van der Waals surface area (Å²) in [6.07, 6.45) is -1.56. The van der Waals surface area contributed by atoms with Crippen molar-refractivity contribution < 1.29 is 23.0 Å². The van der Waals surface area contributed by atoms with Crippen LogP contribution in [0.5, 0.6) is 11.5 Å². The van der Waals surface area contributed by atoms with Gasteiger partial charge in [0.25, 0.3) is 0 Å². The van der Waals surface area contributed by atoms with Gasteiger partial charge in [-0.3, -0.25) is 0 Å². The molecule has 0 aromatic heterocycles. The lowest BCUT2D eigenvalue weighted by molar-refractivity contribution is -0.286. The molecule has 1 fully saturated rings. The molecule has 1 aromatic carbocycles. The second kappa shape index (κ2) is 4.28. The lowest BCUT2D eigenvalue weighted by Crippen LogP contribution is -2.29. The van der Waals surface area contributed by atoms with Crippen LogP contribution in [0.3, 0.4) is 0 Å². The number of ether oxygens (including phenoxy) is 3. The normalized spacial score (nSPS) is 24.9. The van der Waals surface area contributed by atoms with Gasteiger partial charge < -0.3 is 19.5 Å². The minimum absolute atomic E-state index is 0.0572. The first kappa shape index (κ1) is 11.5. The van der Waals surface area contributed by atoms with Crippen LogP contribution in [-0.2, 0) is 4.74 Å². The first-order valence-corrected chi connectivity index (χ1v) is 5.87. The molecule has 6 heteroatoms. The summed E-state index contributed by atoms with van der Waals surface area (Å²) >= 11 is 0. The Bertz CT molecular complexity index is 447. The summed E-state index contributed by atoms with van der Waals surface area (Å²) in [6, 6.07) is 4.89. The molecule has 0 bridgehead atoms. The summed E-state index contributed by atoms with van der Waals surface area (Å²) in [5.74, 6) is 0.118. The number of fused-ring (bicyclic) bond motifs is 1. The van der Waals surface area contributed by atoms with E-state index in [9.17, 15) is 8.78 Å². The van der Waals surface area contributed by atoms with Crippen molar-refractivity contribution in [1.29, 1.82) is 0 Å². The average Bonchev–Trinajstić information content (AvgIpc) is 2.63. The van der Waals surface area contributed by atoms with Crippen LogP contribution >= 0.6 is 0 Å². The average molecular weight is 257 g/mol. The van der Waals surface area contributed by atoms with E-state index in [1.54, 1.807) is 6.07 Å². The van der Waals surface area contributed by atoms with Gasteiger partial charge in [0.15, 0.2) is 11.5 Å². The van der Waals surface area contributed by atoms with E-state index in [0.29, 0.717) is 6.61 Å². The van der Waals surface area contributed by atoms with Crippen molar-refractivity contribution in [2.45, 2.75) is 25.2 Å². The summed E-state index contributed by atoms with van der Waals surface area (Å²) in [6.45, 7) is 1.41. The van der Waals surface area contributed by atoms with E-state index in [-0.39, 0.29) is 17.5 Å². The van der Waals surface area contributed by atoms with Crippen LogP contribution in [-0.4, -0.2) is 25.6 Å². The van der Waals surface area contributed by atoms with Gasteiger partial charge in [0, 0.05) is 24.4 Å². The van der Waals surface area contributed by atoms with Gasteiger partial charge in [-0.05, 0) is 25.0 Å². The van der Waals surface area contributed by atoms with E-state index in [2.05, 4.69) is 14.8 Å². The maximum atomic E-state index is 12.8. The monoisotopic (exact) mass is 257 g/mol. The Balaban J connectivity index is 1.71.